The summed E-state index contributed by atoms with van der Waals surface area (Å²) in [6.45, 7) is 5.92. The lowest BCUT2D eigenvalue weighted by molar-refractivity contribution is 0.258. The molecule has 0 N–H and O–H groups in total. The van der Waals surface area contributed by atoms with Gasteiger partial charge < -0.3 is 9.47 Å². The van der Waals surface area contributed by atoms with Gasteiger partial charge in [-0.25, -0.2) is 0 Å². The van der Waals surface area contributed by atoms with Gasteiger partial charge in [-0.3, -0.25) is 0 Å². The van der Waals surface area contributed by atoms with Gasteiger partial charge in [-0.05, 0) is 25.0 Å². The predicted octanol–water partition coefficient (Wildman–Crippen LogP) is 11.7. The highest BCUT2D eigenvalue weighted by atomic mass is 16.5. The minimum atomic E-state index is 0.685. The molecule has 230 valence electrons. The summed E-state index contributed by atoms with van der Waals surface area (Å²) in [4.78, 5) is 0. The second kappa shape index (κ2) is 24.7. The molecule has 2 aromatic rings. The van der Waals surface area contributed by atoms with Crippen molar-refractivity contribution in [2.45, 2.75) is 142 Å². The topological polar surface area (TPSA) is 18.5 Å². The van der Waals surface area contributed by atoms with Crippen molar-refractivity contribution >= 4 is 0 Å². The number of benzene rings is 2. The number of ether oxygens (including phenoxy) is 2. The van der Waals surface area contributed by atoms with E-state index in [2.05, 4.69) is 31.6 Å². The van der Waals surface area contributed by atoms with Crippen molar-refractivity contribution in [3.63, 3.8) is 0 Å². The molecule has 0 saturated heterocycles. The lowest BCUT2D eigenvalue weighted by Crippen LogP contribution is -2.04. The van der Waals surface area contributed by atoms with E-state index in [1.807, 2.05) is 42.5 Å². The summed E-state index contributed by atoms with van der Waals surface area (Å²) in [5.41, 5.74) is 2.53. The number of rotatable bonds is 24. The van der Waals surface area contributed by atoms with Crippen molar-refractivity contribution in [2.75, 3.05) is 13.2 Å². The standard InChI is InChI=1S/C40H58O2/c1-4-7-9-11-13-15-17-19-21-26-32-41-39-34-37(6-3)38(31-30-36-28-24-23-25-29-36)35-40(39)42-33-27-22-20-18-16-14-12-10-8-5-2/h3,23-25,28-29,34-35H,4-5,7-22,26-27,32-33H2,1-2H3. The zero-order valence-corrected chi connectivity index (χ0v) is 27.0. The molecule has 0 bridgehead atoms. The summed E-state index contributed by atoms with van der Waals surface area (Å²) < 4.78 is 12.5. The van der Waals surface area contributed by atoms with Gasteiger partial charge in [0.15, 0.2) is 11.5 Å². The first-order valence-electron chi connectivity index (χ1n) is 17.3. The van der Waals surface area contributed by atoms with Crippen molar-refractivity contribution in [3.8, 4) is 35.7 Å². The Morgan fingerprint density at radius 2 is 0.905 bits per heavy atom. The van der Waals surface area contributed by atoms with Crippen LogP contribution in [0.2, 0.25) is 0 Å². The van der Waals surface area contributed by atoms with Gasteiger partial charge >= 0.3 is 0 Å². The van der Waals surface area contributed by atoms with Crippen molar-refractivity contribution in [1.29, 1.82) is 0 Å². The Balaban J connectivity index is 1.86. The summed E-state index contributed by atoms with van der Waals surface area (Å²) in [5, 5.41) is 0. The molecule has 42 heavy (non-hydrogen) atoms. The molecule has 2 rings (SSSR count). The molecule has 0 aliphatic rings. The Morgan fingerprint density at radius 1 is 0.500 bits per heavy atom. The molecule has 2 nitrogen and oxygen atoms in total. The Bertz CT molecular complexity index is 1040. The van der Waals surface area contributed by atoms with Crippen LogP contribution >= 0.6 is 0 Å². The molecule has 0 fully saturated rings. The van der Waals surface area contributed by atoms with Gasteiger partial charge in [-0.1, -0.05) is 165 Å². The second-order valence-corrected chi connectivity index (χ2v) is 11.7. The van der Waals surface area contributed by atoms with Gasteiger partial charge in [0.1, 0.15) is 0 Å². The van der Waals surface area contributed by atoms with Gasteiger partial charge in [0.2, 0.25) is 0 Å². The summed E-state index contributed by atoms with van der Waals surface area (Å²) in [6.07, 6.45) is 32.1. The molecule has 0 aliphatic carbocycles. The summed E-state index contributed by atoms with van der Waals surface area (Å²) in [5.74, 6) is 10.8. The fraction of sp³-hybridized carbons (Fsp3) is 0.600. The number of unbranched alkanes of at least 4 members (excludes halogenated alkanes) is 18. The lowest BCUT2D eigenvalue weighted by Gasteiger charge is -2.15. The van der Waals surface area contributed by atoms with Crippen LogP contribution in [0.25, 0.3) is 0 Å². The Morgan fingerprint density at radius 3 is 1.33 bits per heavy atom. The van der Waals surface area contributed by atoms with Gasteiger partial charge in [-0.2, -0.15) is 0 Å². The van der Waals surface area contributed by atoms with Crippen LogP contribution in [0.1, 0.15) is 159 Å². The van der Waals surface area contributed by atoms with E-state index in [-0.39, 0.29) is 0 Å². The summed E-state index contributed by atoms with van der Waals surface area (Å²) in [6, 6.07) is 13.9. The second-order valence-electron chi connectivity index (χ2n) is 11.7. The van der Waals surface area contributed by atoms with Crippen LogP contribution in [0.15, 0.2) is 42.5 Å². The minimum Gasteiger partial charge on any atom is -0.490 e. The Hall–Kier alpha value is -2.84. The van der Waals surface area contributed by atoms with Crippen LogP contribution in [-0.2, 0) is 0 Å². The van der Waals surface area contributed by atoms with E-state index in [1.54, 1.807) is 0 Å². The van der Waals surface area contributed by atoms with E-state index >= 15 is 0 Å². The maximum atomic E-state index is 6.29. The smallest absolute Gasteiger partial charge is 0.162 e. The first-order valence-corrected chi connectivity index (χ1v) is 17.3. The average molecular weight is 571 g/mol. The SMILES string of the molecule is C#Cc1cc(OCCCCCCCCCCCC)c(OCCCCCCCCCCCC)cc1C#Cc1ccccc1. The van der Waals surface area contributed by atoms with Crippen LogP contribution in [0.3, 0.4) is 0 Å². The van der Waals surface area contributed by atoms with Gasteiger partial charge in [0.25, 0.3) is 0 Å². The quantitative estimate of drug-likeness (QED) is 0.0923. The van der Waals surface area contributed by atoms with Gasteiger partial charge in [0, 0.05) is 28.8 Å². The average Bonchev–Trinajstić information content (AvgIpc) is 3.02. The van der Waals surface area contributed by atoms with Crippen molar-refractivity contribution in [3.05, 3.63) is 59.2 Å². The third-order valence-electron chi connectivity index (χ3n) is 7.87. The highest BCUT2D eigenvalue weighted by Gasteiger charge is 2.11. The molecule has 0 spiro atoms. The molecular weight excluding hydrogens is 512 g/mol. The molecule has 2 heteroatoms. The Kier molecular flexibility index (Phi) is 20.8. The molecule has 0 unspecified atom stereocenters. The van der Waals surface area contributed by atoms with E-state index in [0.29, 0.717) is 13.2 Å². The van der Waals surface area contributed by atoms with Crippen LogP contribution in [0.4, 0.5) is 0 Å². The van der Waals surface area contributed by atoms with Crippen LogP contribution in [-0.4, -0.2) is 13.2 Å². The summed E-state index contributed by atoms with van der Waals surface area (Å²) >= 11 is 0. The number of terminal acetylenes is 1. The zero-order chi connectivity index (χ0) is 29.9. The van der Waals surface area contributed by atoms with Crippen molar-refractivity contribution in [2.24, 2.45) is 0 Å². The van der Waals surface area contributed by atoms with Crippen LogP contribution < -0.4 is 9.47 Å². The monoisotopic (exact) mass is 570 g/mol. The highest BCUT2D eigenvalue weighted by Crippen LogP contribution is 2.31. The molecular formula is C40H58O2. The number of hydrogen-bond acceptors (Lipinski definition) is 2. The molecule has 0 saturated carbocycles. The maximum absolute atomic E-state index is 6.29. The zero-order valence-electron chi connectivity index (χ0n) is 27.0. The fourth-order valence-electron chi connectivity index (χ4n) is 5.21. The highest BCUT2D eigenvalue weighted by molar-refractivity contribution is 5.59. The maximum Gasteiger partial charge on any atom is 0.162 e. The van der Waals surface area contributed by atoms with Crippen molar-refractivity contribution < 1.29 is 9.47 Å². The largest absolute Gasteiger partial charge is 0.490 e. The van der Waals surface area contributed by atoms with Gasteiger partial charge in [0.05, 0.1) is 13.2 Å². The van der Waals surface area contributed by atoms with E-state index in [4.69, 9.17) is 15.9 Å². The summed E-state index contributed by atoms with van der Waals surface area (Å²) in [7, 11) is 0. The normalized spacial score (nSPS) is 10.6. The predicted molar refractivity (Wildman–Crippen MR) is 181 cm³/mol. The van der Waals surface area contributed by atoms with Crippen LogP contribution in [0.5, 0.6) is 11.5 Å². The molecule has 0 amide bonds. The first kappa shape index (κ1) is 35.4. The minimum absolute atomic E-state index is 0.685. The van der Waals surface area contributed by atoms with E-state index in [9.17, 15) is 0 Å². The van der Waals surface area contributed by atoms with Gasteiger partial charge in [-0.15, -0.1) is 6.42 Å². The Labute approximate surface area is 259 Å². The first-order chi connectivity index (χ1) is 20.8. The molecule has 0 heterocycles. The third-order valence-corrected chi connectivity index (χ3v) is 7.87. The van der Waals surface area contributed by atoms with E-state index in [1.165, 1.54) is 116 Å². The van der Waals surface area contributed by atoms with Crippen LogP contribution in [0, 0.1) is 24.2 Å². The molecule has 0 radical (unpaired) electrons. The van der Waals surface area contributed by atoms with E-state index < -0.39 is 0 Å². The molecule has 0 aliphatic heterocycles. The van der Waals surface area contributed by atoms with Crippen molar-refractivity contribution in [1.82, 2.24) is 0 Å². The van der Waals surface area contributed by atoms with E-state index in [0.717, 1.165) is 41.0 Å². The lowest BCUT2D eigenvalue weighted by atomic mass is 10.1. The molecule has 0 atom stereocenters. The molecule has 0 aromatic heterocycles. The number of hydrogen-bond donors (Lipinski definition) is 0. The fourth-order valence-corrected chi connectivity index (χ4v) is 5.21. The molecule has 2 aromatic carbocycles. The third kappa shape index (κ3) is 16.6.